The summed E-state index contributed by atoms with van der Waals surface area (Å²) in [6, 6.07) is 5.76. The predicted molar refractivity (Wildman–Crippen MR) is 161 cm³/mol. The summed E-state index contributed by atoms with van der Waals surface area (Å²) in [5.74, 6) is -0.579. The molecule has 0 bridgehead atoms. The molecule has 0 saturated carbocycles. The molecule has 6 nitrogen and oxygen atoms in total. The lowest BCUT2D eigenvalue weighted by Gasteiger charge is -2.40. The van der Waals surface area contributed by atoms with Crippen molar-refractivity contribution in [1.82, 2.24) is 0 Å². The maximum absolute atomic E-state index is 13.9. The summed E-state index contributed by atoms with van der Waals surface area (Å²) in [5, 5.41) is 3.95. The van der Waals surface area contributed by atoms with Gasteiger partial charge in [0.15, 0.2) is 5.78 Å². The van der Waals surface area contributed by atoms with Crippen LogP contribution in [0, 0.1) is 11.3 Å². The quantitative estimate of drug-likeness (QED) is 0.0957. The van der Waals surface area contributed by atoms with Crippen LogP contribution in [-0.2, 0) is 14.4 Å². The fourth-order valence-electron chi connectivity index (χ4n) is 6.12. The first-order valence-electron chi connectivity index (χ1n) is 14.6. The monoisotopic (exact) mass is 542 g/mol. The summed E-state index contributed by atoms with van der Waals surface area (Å²) >= 11 is 0. The van der Waals surface area contributed by atoms with Gasteiger partial charge in [0.25, 0.3) is 0 Å². The van der Waals surface area contributed by atoms with Crippen LogP contribution in [0.15, 0.2) is 65.4 Å². The number of nitrogens with zero attached hydrogens (tertiary/aromatic N) is 2. The highest BCUT2D eigenvalue weighted by atomic mass is 16.7. The van der Waals surface area contributed by atoms with E-state index in [1.807, 2.05) is 49.4 Å². The molecule has 3 atom stereocenters. The number of unbranched alkanes of at least 4 members (excludes halogenated alkanes) is 3. The minimum Gasteiger partial charge on any atom is -0.362 e. The van der Waals surface area contributed by atoms with E-state index in [1.54, 1.807) is 0 Å². The molecule has 40 heavy (non-hydrogen) atoms. The molecule has 1 aliphatic heterocycles. The van der Waals surface area contributed by atoms with E-state index in [2.05, 4.69) is 49.9 Å². The first kappa shape index (κ1) is 29.4. The van der Waals surface area contributed by atoms with Crippen molar-refractivity contribution in [2.75, 3.05) is 11.4 Å². The molecule has 6 heteroatoms. The Balaban J connectivity index is 1.71. The lowest BCUT2D eigenvalue weighted by Crippen LogP contribution is -2.44. The Morgan fingerprint density at radius 3 is 2.55 bits per heavy atom. The van der Waals surface area contributed by atoms with Crippen molar-refractivity contribution in [3.63, 3.8) is 0 Å². The highest BCUT2D eigenvalue weighted by Crippen LogP contribution is 2.52. The summed E-state index contributed by atoms with van der Waals surface area (Å²) < 4.78 is 0. The SMILES string of the molecule is CCCCCC/C(=N\OC(C)=O)C(=O)c1ccc2c(c1)C1=CC(C(=O)C3(C)C=CC=CC3C)=CC[C@@]1(C)N2CC. The topological polar surface area (TPSA) is 76.0 Å². The number of Topliss-reactive ketones (excluding diaryl/α,β-unsaturated/α-hetero) is 2. The Kier molecular flexibility index (Phi) is 8.77. The Bertz CT molecular complexity index is 1350. The van der Waals surface area contributed by atoms with E-state index in [0.29, 0.717) is 18.4 Å². The van der Waals surface area contributed by atoms with Crippen LogP contribution >= 0.6 is 0 Å². The molecule has 2 unspecified atom stereocenters. The maximum Gasteiger partial charge on any atom is 0.331 e. The fourth-order valence-corrected chi connectivity index (χ4v) is 6.12. The molecule has 0 saturated heterocycles. The standard InChI is InChI=1S/C34H42N2O4/c1-7-9-10-11-15-29(35-40-24(4)37)31(38)25-16-17-30-27(21-25)28-22-26(18-20-34(28,6)36(30)8-2)32(39)33(5)19-13-12-14-23(33)3/h12-14,16-19,21-23H,7-11,15,20H2,1-6H3/b35-29+/t23?,33?,34-/m1/s1. The number of oxime groups is 1. The van der Waals surface area contributed by atoms with Crippen molar-refractivity contribution in [3.05, 3.63) is 71.4 Å². The number of fused-ring (bicyclic) bond motifs is 3. The second-order valence-corrected chi connectivity index (χ2v) is 11.6. The molecule has 0 amide bonds. The minimum atomic E-state index is -0.602. The molecule has 4 rings (SSSR count). The van der Waals surface area contributed by atoms with E-state index < -0.39 is 11.4 Å². The van der Waals surface area contributed by atoms with Crippen molar-refractivity contribution in [1.29, 1.82) is 0 Å². The third-order valence-electron chi connectivity index (χ3n) is 8.82. The summed E-state index contributed by atoms with van der Waals surface area (Å²) in [6.45, 7) is 12.6. The van der Waals surface area contributed by atoms with Gasteiger partial charge < -0.3 is 9.74 Å². The van der Waals surface area contributed by atoms with Crippen molar-refractivity contribution in [3.8, 4) is 0 Å². The summed E-state index contributed by atoms with van der Waals surface area (Å²) in [5.41, 5.74) is 3.63. The molecule has 0 aromatic heterocycles. The molecule has 0 fully saturated rings. The fraction of sp³-hybridized carbons (Fsp3) is 0.471. The molecule has 1 heterocycles. The van der Waals surface area contributed by atoms with Crippen LogP contribution in [0.5, 0.6) is 0 Å². The second kappa shape index (κ2) is 11.9. The first-order chi connectivity index (χ1) is 19.1. The highest BCUT2D eigenvalue weighted by molar-refractivity contribution is 6.46. The van der Waals surface area contributed by atoms with Gasteiger partial charge in [-0.2, -0.15) is 0 Å². The molecule has 0 spiro atoms. The number of hydrogen-bond acceptors (Lipinski definition) is 6. The number of carbonyl (C=O) groups is 3. The molecule has 1 aromatic rings. The van der Waals surface area contributed by atoms with Crippen LogP contribution in [0.4, 0.5) is 5.69 Å². The molecule has 212 valence electrons. The van der Waals surface area contributed by atoms with Crippen molar-refractivity contribution in [2.45, 2.75) is 85.6 Å². The zero-order valence-corrected chi connectivity index (χ0v) is 24.8. The average Bonchev–Trinajstić information content (AvgIpc) is 3.19. The smallest absolute Gasteiger partial charge is 0.331 e. The van der Waals surface area contributed by atoms with E-state index in [9.17, 15) is 14.4 Å². The number of rotatable bonds is 11. The Morgan fingerprint density at radius 1 is 1.10 bits per heavy atom. The number of allylic oxidation sites excluding steroid dienone is 6. The Hall–Kier alpha value is -3.54. The number of carbonyl (C=O) groups excluding carboxylic acids is 3. The van der Waals surface area contributed by atoms with Crippen molar-refractivity contribution >= 4 is 34.5 Å². The van der Waals surface area contributed by atoms with E-state index >= 15 is 0 Å². The van der Waals surface area contributed by atoms with Crippen molar-refractivity contribution < 1.29 is 19.2 Å². The van der Waals surface area contributed by atoms with E-state index in [1.165, 1.54) is 6.92 Å². The van der Waals surface area contributed by atoms with Gasteiger partial charge in [-0.3, -0.25) is 9.59 Å². The number of hydrogen-bond donors (Lipinski definition) is 0. The summed E-state index contributed by atoms with van der Waals surface area (Å²) in [7, 11) is 0. The lowest BCUT2D eigenvalue weighted by atomic mass is 9.68. The van der Waals surface area contributed by atoms with Gasteiger partial charge >= 0.3 is 5.97 Å². The van der Waals surface area contributed by atoms with Gasteiger partial charge in [0, 0.05) is 35.9 Å². The van der Waals surface area contributed by atoms with E-state index in [0.717, 1.165) is 54.6 Å². The van der Waals surface area contributed by atoms with Crippen LogP contribution in [0.1, 0.15) is 96.0 Å². The van der Waals surface area contributed by atoms with Gasteiger partial charge in [-0.15, -0.1) is 0 Å². The molecule has 2 aliphatic carbocycles. The van der Waals surface area contributed by atoms with Gasteiger partial charge in [0.05, 0.1) is 11.0 Å². The number of likely N-dealkylation sites (N-methyl/N-ethyl adjacent to an activating group) is 1. The first-order valence-corrected chi connectivity index (χ1v) is 14.6. The third-order valence-corrected chi connectivity index (χ3v) is 8.82. The Morgan fingerprint density at radius 2 is 1.88 bits per heavy atom. The molecular weight excluding hydrogens is 500 g/mol. The molecule has 1 aromatic carbocycles. The van der Waals surface area contributed by atoms with Crippen LogP contribution in [-0.4, -0.2) is 35.3 Å². The van der Waals surface area contributed by atoms with Crippen LogP contribution in [0.25, 0.3) is 5.57 Å². The van der Waals surface area contributed by atoms with Crippen LogP contribution in [0.2, 0.25) is 0 Å². The summed E-state index contributed by atoms with van der Waals surface area (Å²) in [4.78, 5) is 46.2. The molecule has 0 N–H and O–H groups in total. The second-order valence-electron chi connectivity index (χ2n) is 11.6. The van der Waals surface area contributed by atoms with E-state index in [-0.39, 0.29) is 28.7 Å². The Labute approximate surface area is 238 Å². The largest absolute Gasteiger partial charge is 0.362 e. The van der Waals surface area contributed by atoms with Gasteiger partial charge in [-0.25, -0.2) is 4.79 Å². The zero-order valence-electron chi connectivity index (χ0n) is 24.8. The molecular formula is C34H42N2O4. The number of anilines is 1. The minimum absolute atomic E-state index is 0.0945. The number of ketones is 2. The maximum atomic E-state index is 13.9. The lowest BCUT2D eigenvalue weighted by molar-refractivity contribution is -0.140. The van der Waals surface area contributed by atoms with E-state index in [4.69, 9.17) is 4.84 Å². The molecule has 0 radical (unpaired) electrons. The van der Waals surface area contributed by atoms with Gasteiger partial charge in [-0.1, -0.05) is 68.6 Å². The van der Waals surface area contributed by atoms with Gasteiger partial charge in [0.1, 0.15) is 5.71 Å². The summed E-state index contributed by atoms with van der Waals surface area (Å²) in [6.07, 6.45) is 17.3. The highest BCUT2D eigenvalue weighted by Gasteiger charge is 2.46. The van der Waals surface area contributed by atoms with Crippen LogP contribution in [0.3, 0.4) is 0 Å². The normalized spacial score (nSPS) is 25.2. The zero-order chi connectivity index (χ0) is 29.1. The average molecular weight is 543 g/mol. The third kappa shape index (κ3) is 5.41. The molecule has 3 aliphatic rings. The predicted octanol–water partition coefficient (Wildman–Crippen LogP) is 7.41. The van der Waals surface area contributed by atoms with Gasteiger partial charge in [0.2, 0.25) is 5.78 Å². The van der Waals surface area contributed by atoms with Crippen LogP contribution < -0.4 is 4.90 Å². The number of benzene rings is 1. The van der Waals surface area contributed by atoms with Crippen molar-refractivity contribution in [2.24, 2.45) is 16.5 Å². The van der Waals surface area contributed by atoms with Gasteiger partial charge in [-0.05, 0) is 75.8 Å².